The third kappa shape index (κ3) is 2.82. The fourth-order valence-electron chi connectivity index (χ4n) is 1.42. The molecule has 0 fully saturated rings. The number of nitrogens with zero attached hydrogens (tertiary/aromatic N) is 3. The van der Waals surface area contributed by atoms with Gasteiger partial charge in [-0.2, -0.15) is 0 Å². The summed E-state index contributed by atoms with van der Waals surface area (Å²) in [6.07, 6.45) is 4.23. The zero-order chi connectivity index (χ0) is 12.1. The lowest BCUT2D eigenvalue weighted by Crippen LogP contribution is -2.30. The monoisotopic (exact) mass is 224 g/mol. The fraction of sp³-hybridized carbons (Fsp3) is 0.636. The maximum absolute atomic E-state index is 11.7. The van der Waals surface area contributed by atoms with E-state index in [1.165, 1.54) is 0 Å². The molecule has 5 heteroatoms. The van der Waals surface area contributed by atoms with Crippen molar-refractivity contribution in [3.8, 4) is 0 Å². The van der Waals surface area contributed by atoms with Crippen molar-refractivity contribution >= 4 is 5.91 Å². The number of aromatic nitrogens is 2. The first kappa shape index (κ1) is 12.7. The van der Waals surface area contributed by atoms with E-state index in [0.29, 0.717) is 13.1 Å². The minimum absolute atomic E-state index is 0.0535. The molecule has 0 aliphatic carbocycles. The number of rotatable bonds is 5. The van der Waals surface area contributed by atoms with Crippen LogP contribution in [0, 0.1) is 0 Å². The molecule has 0 radical (unpaired) electrons. The van der Waals surface area contributed by atoms with Crippen LogP contribution in [-0.4, -0.2) is 34.0 Å². The molecule has 90 valence electrons. The number of hydrogen-bond acceptors (Lipinski definition) is 3. The molecule has 1 atom stereocenters. The topological polar surface area (TPSA) is 64.1 Å². The quantitative estimate of drug-likeness (QED) is 0.803. The number of likely N-dealkylation sites (N-methyl/N-ethyl adjacent to an activating group) is 1. The SMILES string of the molecule is CC[C@@H](N)c1cncn1CC(=O)N(C)CC. The molecule has 1 rings (SSSR count). The van der Waals surface area contributed by atoms with Crippen LogP contribution in [0.1, 0.15) is 32.0 Å². The summed E-state index contributed by atoms with van der Waals surface area (Å²) in [4.78, 5) is 17.5. The Bertz CT molecular complexity index is 348. The summed E-state index contributed by atoms with van der Waals surface area (Å²) in [6.45, 7) is 4.99. The summed E-state index contributed by atoms with van der Waals surface area (Å²) in [5.74, 6) is 0.0741. The van der Waals surface area contributed by atoms with Crippen molar-refractivity contribution in [2.75, 3.05) is 13.6 Å². The zero-order valence-electron chi connectivity index (χ0n) is 10.2. The van der Waals surface area contributed by atoms with Crippen molar-refractivity contribution in [1.29, 1.82) is 0 Å². The van der Waals surface area contributed by atoms with Crippen LogP contribution in [0.25, 0.3) is 0 Å². The summed E-state index contributed by atoms with van der Waals surface area (Å²) in [7, 11) is 1.79. The Morgan fingerprint density at radius 1 is 1.62 bits per heavy atom. The molecule has 0 unspecified atom stereocenters. The molecular formula is C11H20N4O. The zero-order valence-corrected chi connectivity index (χ0v) is 10.2. The molecule has 16 heavy (non-hydrogen) atoms. The second-order valence-electron chi connectivity index (χ2n) is 3.87. The highest BCUT2D eigenvalue weighted by Crippen LogP contribution is 2.12. The van der Waals surface area contributed by atoms with Crippen molar-refractivity contribution in [2.24, 2.45) is 5.73 Å². The van der Waals surface area contributed by atoms with Gasteiger partial charge in [-0.25, -0.2) is 4.98 Å². The van der Waals surface area contributed by atoms with Gasteiger partial charge < -0.3 is 15.2 Å². The van der Waals surface area contributed by atoms with E-state index in [9.17, 15) is 4.79 Å². The van der Waals surface area contributed by atoms with Gasteiger partial charge in [-0.15, -0.1) is 0 Å². The Morgan fingerprint density at radius 2 is 2.31 bits per heavy atom. The molecule has 1 aromatic heterocycles. The Balaban J connectivity index is 2.74. The van der Waals surface area contributed by atoms with Gasteiger partial charge in [-0.1, -0.05) is 6.92 Å². The Morgan fingerprint density at radius 3 is 2.88 bits per heavy atom. The van der Waals surface area contributed by atoms with Crippen molar-refractivity contribution in [3.05, 3.63) is 18.2 Å². The molecule has 0 aromatic carbocycles. The minimum atomic E-state index is -0.0535. The first-order valence-corrected chi connectivity index (χ1v) is 5.59. The van der Waals surface area contributed by atoms with Gasteiger partial charge in [0.25, 0.3) is 0 Å². The van der Waals surface area contributed by atoms with Gasteiger partial charge >= 0.3 is 0 Å². The molecule has 2 N–H and O–H groups in total. The standard InChI is InChI=1S/C11H20N4O/c1-4-9(12)10-6-13-8-15(10)7-11(16)14(3)5-2/h6,8-9H,4-5,7,12H2,1-3H3/t9-/m1/s1. The molecule has 1 aromatic rings. The van der Waals surface area contributed by atoms with Crippen LogP contribution in [0.2, 0.25) is 0 Å². The summed E-state index contributed by atoms with van der Waals surface area (Å²) in [5.41, 5.74) is 6.86. The number of imidazole rings is 1. The summed E-state index contributed by atoms with van der Waals surface area (Å²) < 4.78 is 1.82. The van der Waals surface area contributed by atoms with Gasteiger partial charge in [0.1, 0.15) is 6.54 Å². The fourth-order valence-corrected chi connectivity index (χ4v) is 1.42. The smallest absolute Gasteiger partial charge is 0.242 e. The van der Waals surface area contributed by atoms with Crippen molar-refractivity contribution in [2.45, 2.75) is 32.9 Å². The van der Waals surface area contributed by atoms with Gasteiger partial charge in [-0.05, 0) is 13.3 Å². The molecule has 0 bridgehead atoms. The van der Waals surface area contributed by atoms with E-state index < -0.39 is 0 Å². The van der Waals surface area contributed by atoms with Crippen molar-refractivity contribution < 1.29 is 4.79 Å². The molecule has 1 heterocycles. The van der Waals surface area contributed by atoms with Crippen LogP contribution < -0.4 is 5.73 Å². The molecular weight excluding hydrogens is 204 g/mol. The summed E-state index contributed by atoms with van der Waals surface area (Å²) in [6, 6.07) is -0.0535. The van der Waals surface area contributed by atoms with Gasteiger partial charge in [0.15, 0.2) is 0 Å². The summed E-state index contributed by atoms with van der Waals surface area (Å²) in [5, 5.41) is 0. The lowest BCUT2D eigenvalue weighted by atomic mass is 10.2. The van der Waals surface area contributed by atoms with Gasteiger partial charge in [0.2, 0.25) is 5.91 Å². The lowest BCUT2D eigenvalue weighted by molar-refractivity contribution is -0.130. The number of amides is 1. The maximum Gasteiger partial charge on any atom is 0.242 e. The highest BCUT2D eigenvalue weighted by atomic mass is 16.2. The molecule has 0 saturated heterocycles. The number of nitrogens with two attached hydrogens (primary N) is 1. The first-order chi connectivity index (χ1) is 7.60. The second-order valence-corrected chi connectivity index (χ2v) is 3.87. The van der Waals surface area contributed by atoms with Gasteiger partial charge in [0, 0.05) is 25.8 Å². The highest BCUT2D eigenvalue weighted by Gasteiger charge is 2.13. The normalized spacial score (nSPS) is 12.5. The Labute approximate surface area is 96.3 Å². The molecule has 5 nitrogen and oxygen atoms in total. The number of carbonyl (C=O) groups is 1. The number of carbonyl (C=O) groups excluding carboxylic acids is 1. The predicted molar refractivity (Wildman–Crippen MR) is 62.8 cm³/mol. The third-order valence-corrected chi connectivity index (χ3v) is 2.77. The molecule has 0 saturated carbocycles. The van der Waals surface area contributed by atoms with Gasteiger partial charge in [-0.3, -0.25) is 4.79 Å². The van der Waals surface area contributed by atoms with Crippen LogP contribution in [-0.2, 0) is 11.3 Å². The lowest BCUT2D eigenvalue weighted by Gasteiger charge is -2.17. The van der Waals surface area contributed by atoms with E-state index in [-0.39, 0.29) is 11.9 Å². The van der Waals surface area contributed by atoms with Crippen molar-refractivity contribution in [1.82, 2.24) is 14.5 Å². The van der Waals surface area contributed by atoms with Crippen LogP contribution in [0.15, 0.2) is 12.5 Å². The molecule has 0 spiro atoms. The van der Waals surface area contributed by atoms with Crippen LogP contribution in [0.5, 0.6) is 0 Å². The number of hydrogen-bond donors (Lipinski definition) is 1. The van der Waals surface area contributed by atoms with Gasteiger partial charge in [0.05, 0.1) is 12.0 Å². The Hall–Kier alpha value is -1.36. The van der Waals surface area contributed by atoms with Crippen molar-refractivity contribution in [3.63, 3.8) is 0 Å². The Kier molecular flexibility index (Phi) is 4.49. The first-order valence-electron chi connectivity index (χ1n) is 5.59. The van der Waals surface area contributed by atoms with E-state index in [0.717, 1.165) is 12.1 Å². The van der Waals surface area contributed by atoms with E-state index >= 15 is 0 Å². The molecule has 0 aliphatic heterocycles. The second kappa shape index (κ2) is 5.65. The average Bonchev–Trinajstić information content (AvgIpc) is 2.74. The predicted octanol–water partition coefficient (Wildman–Crippen LogP) is 0.771. The van der Waals surface area contributed by atoms with E-state index in [2.05, 4.69) is 4.98 Å². The van der Waals surface area contributed by atoms with Crippen LogP contribution in [0.4, 0.5) is 0 Å². The maximum atomic E-state index is 11.7. The largest absolute Gasteiger partial charge is 0.344 e. The van der Waals surface area contributed by atoms with E-state index in [1.807, 2.05) is 18.4 Å². The molecule has 1 amide bonds. The van der Waals surface area contributed by atoms with E-state index in [1.54, 1.807) is 24.5 Å². The minimum Gasteiger partial charge on any atom is -0.344 e. The van der Waals surface area contributed by atoms with E-state index in [4.69, 9.17) is 5.73 Å². The molecule has 0 aliphatic rings. The third-order valence-electron chi connectivity index (χ3n) is 2.77. The summed E-state index contributed by atoms with van der Waals surface area (Å²) >= 11 is 0. The van der Waals surface area contributed by atoms with Crippen LogP contribution >= 0.6 is 0 Å². The highest BCUT2D eigenvalue weighted by molar-refractivity contribution is 5.75. The van der Waals surface area contributed by atoms with Crippen LogP contribution in [0.3, 0.4) is 0 Å². The average molecular weight is 224 g/mol.